The summed E-state index contributed by atoms with van der Waals surface area (Å²) >= 11 is 1.51. The molecule has 0 unspecified atom stereocenters. The molecule has 1 heterocycles. The number of hydrogen-bond acceptors (Lipinski definition) is 6. The fourth-order valence-corrected chi connectivity index (χ4v) is 4.02. The highest BCUT2D eigenvalue weighted by molar-refractivity contribution is 7.92. The van der Waals surface area contributed by atoms with Crippen LogP contribution in [0, 0.1) is 0 Å². The lowest BCUT2D eigenvalue weighted by molar-refractivity contribution is -0.120. The maximum Gasteiger partial charge on any atom is 0.232 e. The zero-order valence-corrected chi connectivity index (χ0v) is 16.5. The molecule has 0 aliphatic heterocycles. The van der Waals surface area contributed by atoms with Gasteiger partial charge in [-0.3, -0.25) is 9.10 Å². The summed E-state index contributed by atoms with van der Waals surface area (Å²) in [5, 5.41) is 4.66. The molecule has 142 valence electrons. The summed E-state index contributed by atoms with van der Waals surface area (Å²) in [5.41, 5.74) is 0.392. The number of rotatable bonds is 9. The Morgan fingerprint density at radius 2 is 2.00 bits per heavy atom. The number of ether oxygens (including phenoxy) is 2. The molecule has 26 heavy (non-hydrogen) atoms. The van der Waals surface area contributed by atoms with Gasteiger partial charge in [-0.15, -0.1) is 11.3 Å². The average molecular weight is 399 g/mol. The van der Waals surface area contributed by atoms with Gasteiger partial charge in [-0.25, -0.2) is 8.42 Å². The van der Waals surface area contributed by atoms with E-state index in [0.717, 1.165) is 11.1 Å². The minimum Gasteiger partial charge on any atom is -0.497 e. The second-order valence-corrected chi connectivity index (χ2v) is 8.42. The van der Waals surface area contributed by atoms with Crippen molar-refractivity contribution in [3.8, 4) is 11.5 Å². The number of thiophene rings is 1. The number of amides is 1. The van der Waals surface area contributed by atoms with Crippen molar-refractivity contribution in [2.75, 3.05) is 37.9 Å². The van der Waals surface area contributed by atoms with Crippen LogP contribution in [-0.2, 0) is 21.2 Å². The smallest absolute Gasteiger partial charge is 0.232 e. The molecular weight excluding hydrogens is 376 g/mol. The summed E-state index contributed by atoms with van der Waals surface area (Å²) < 4.78 is 36.1. The van der Waals surface area contributed by atoms with Crippen LogP contribution in [-0.4, -0.2) is 47.9 Å². The monoisotopic (exact) mass is 398 g/mol. The number of sulfonamides is 1. The van der Waals surface area contributed by atoms with Crippen molar-refractivity contribution >= 4 is 33.0 Å². The van der Waals surface area contributed by atoms with Crippen LogP contribution in [0.3, 0.4) is 0 Å². The summed E-state index contributed by atoms with van der Waals surface area (Å²) in [6, 6.07) is 8.66. The van der Waals surface area contributed by atoms with Gasteiger partial charge in [0.05, 0.1) is 39.1 Å². The quantitative estimate of drug-likeness (QED) is 0.697. The molecule has 0 saturated carbocycles. The highest BCUT2D eigenvalue weighted by Gasteiger charge is 2.21. The van der Waals surface area contributed by atoms with Crippen LogP contribution in [0.15, 0.2) is 35.7 Å². The minimum atomic E-state index is -3.55. The zero-order chi connectivity index (χ0) is 19.2. The highest BCUT2D eigenvalue weighted by atomic mass is 32.2. The lowest BCUT2D eigenvalue weighted by atomic mass is 10.2. The second-order valence-electron chi connectivity index (χ2n) is 5.48. The Morgan fingerprint density at radius 1 is 1.23 bits per heavy atom. The summed E-state index contributed by atoms with van der Waals surface area (Å²) in [4.78, 5) is 12.9. The van der Waals surface area contributed by atoms with Gasteiger partial charge in [0.2, 0.25) is 15.9 Å². The van der Waals surface area contributed by atoms with E-state index in [4.69, 9.17) is 9.47 Å². The van der Waals surface area contributed by atoms with Gasteiger partial charge in [0.25, 0.3) is 0 Å². The normalized spacial score (nSPS) is 11.0. The van der Waals surface area contributed by atoms with Gasteiger partial charge < -0.3 is 14.8 Å². The number of carbonyl (C=O) groups excluding carboxylic acids is 1. The molecule has 2 rings (SSSR count). The van der Waals surface area contributed by atoms with Crippen molar-refractivity contribution in [2.45, 2.75) is 6.42 Å². The van der Waals surface area contributed by atoms with Crippen molar-refractivity contribution in [3.63, 3.8) is 0 Å². The average Bonchev–Trinajstić information content (AvgIpc) is 3.10. The van der Waals surface area contributed by atoms with E-state index in [1.807, 2.05) is 17.5 Å². The molecule has 7 nitrogen and oxygen atoms in total. The predicted octanol–water partition coefficient (Wildman–Crippen LogP) is 1.89. The Hall–Kier alpha value is -2.26. The maximum absolute atomic E-state index is 12.2. The number of carbonyl (C=O) groups is 1. The van der Waals surface area contributed by atoms with Gasteiger partial charge in [-0.1, -0.05) is 6.07 Å². The van der Waals surface area contributed by atoms with E-state index in [1.165, 1.54) is 29.9 Å². The Morgan fingerprint density at radius 3 is 2.58 bits per heavy atom. The molecule has 0 fully saturated rings. The first kappa shape index (κ1) is 20.1. The summed E-state index contributed by atoms with van der Waals surface area (Å²) in [7, 11) is -0.575. The molecule has 9 heteroatoms. The minimum absolute atomic E-state index is 0.0949. The van der Waals surface area contributed by atoms with Crippen LogP contribution in [0.4, 0.5) is 5.69 Å². The molecule has 0 aliphatic rings. The largest absolute Gasteiger partial charge is 0.497 e. The van der Waals surface area contributed by atoms with E-state index in [-0.39, 0.29) is 25.4 Å². The van der Waals surface area contributed by atoms with Gasteiger partial charge in [0.15, 0.2) is 0 Å². The Bertz CT molecular complexity index is 835. The van der Waals surface area contributed by atoms with E-state index in [1.54, 1.807) is 18.2 Å². The van der Waals surface area contributed by atoms with Crippen molar-refractivity contribution in [2.24, 2.45) is 0 Å². The van der Waals surface area contributed by atoms with E-state index in [0.29, 0.717) is 17.2 Å². The number of anilines is 1. The van der Waals surface area contributed by atoms with Crippen molar-refractivity contribution < 1.29 is 22.7 Å². The van der Waals surface area contributed by atoms with Gasteiger partial charge in [0, 0.05) is 17.5 Å². The van der Waals surface area contributed by atoms with Gasteiger partial charge in [-0.2, -0.15) is 0 Å². The van der Waals surface area contributed by atoms with Crippen molar-refractivity contribution in [3.05, 3.63) is 40.6 Å². The molecule has 0 spiro atoms. The zero-order valence-electron chi connectivity index (χ0n) is 14.9. The number of hydrogen-bond donors (Lipinski definition) is 1. The molecule has 0 bridgehead atoms. The third-order valence-corrected chi connectivity index (χ3v) is 5.66. The number of benzene rings is 1. The van der Waals surface area contributed by atoms with Gasteiger partial charge in [-0.05, 0) is 23.6 Å². The topological polar surface area (TPSA) is 84.9 Å². The predicted molar refractivity (Wildman–Crippen MR) is 103 cm³/mol. The first-order chi connectivity index (χ1) is 12.3. The lowest BCUT2D eigenvalue weighted by Gasteiger charge is -2.24. The molecule has 0 atom stereocenters. The maximum atomic E-state index is 12.2. The van der Waals surface area contributed by atoms with Gasteiger partial charge in [0.1, 0.15) is 11.5 Å². The first-order valence-corrected chi connectivity index (χ1v) is 10.6. The second kappa shape index (κ2) is 8.91. The summed E-state index contributed by atoms with van der Waals surface area (Å²) in [6.45, 7) is 0.282. The molecule has 1 aromatic carbocycles. The Kier molecular flexibility index (Phi) is 6.87. The SMILES string of the molecule is COc1ccc(N(CCNC(=O)Cc2cccs2)S(C)(=O)=O)c(OC)c1. The van der Waals surface area contributed by atoms with E-state index >= 15 is 0 Å². The first-order valence-electron chi connectivity index (χ1n) is 7.84. The van der Waals surface area contributed by atoms with Crippen LogP contribution in [0.5, 0.6) is 11.5 Å². The van der Waals surface area contributed by atoms with E-state index < -0.39 is 10.0 Å². The van der Waals surface area contributed by atoms with Crippen LogP contribution in [0.25, 0.3) is 0 Å². The summed E-state index contributed by atoms with van der Waals surface area (Å²) in [6.07, 6.45) is 1.40. The van der Waals surface area contributed by atoms with E-state index in [2.05, 4.69) is 5.32 Å². The molecule has 1 amide bonds. The molecule has 0 radical (unpaired) electrons. The molecule has 0 saturated heterocycles. The molecule has 2 aromatic rings. The standard InChI is InChI=1S/C17H22N2O5S2/c1-23-13-6-7-15(16(11-13)24-2)19(26(3,21)22)9-8-18-17(20)12-14-5-4-10-25-14/h4-7,10-11H,8-9,12H2,1-3H3,(H,18,20). The molecule has 0 aliphatic carbocycles. The van der Waals surface area contributed by atoms with Gasteiger partial charge >= 0.3 is 0 Å². The number of methoxy groups -OCH3 is 2. The lowest BCUT2D eigenvalue weighted by Crippen LogP contribution is -2.38. The van der Waals surface area contributed by atoms with Crippen LogP contribution < -0.4 is 19.1 Å². The van der Waals surface area contributed by atoms with Crippen LogP contribution >= 0.6 is 11.3 Å². The Labute approximate surface area is 157 Å². The fraction of sp³-hybridized carbons (Fsp3) is 0.353. The third-order valence-electron chi connectivity index (χ3n) is 3.61. The molecule has 1 N–H and O–H groups in total. The van der Waals surface area contributed by atoms with E-state index in [9.17, 15) is 13.2 Å². The fourth-order valence-electron chi connectivity index (χ4n) is 2.39. The molecule has 1 aromatic heterocycles. The Balaban J connectivity index is 2.08. The number of nitrogens with zero attached hydrogens (tertiary/aromatic N) is 1. The van der Waals surface area contributed by atoms with Crippen LogP contribution in [0.2, 0.25) is 0 Å². The molecular formula is C17H22N2O5S2. The number of nitrogens with one attached hydrogen (secondary N) is 1. The van der Waals surface area contributed by atoms with Crippen molar-refractivity contribution in [1.82, 2.24) is 5.32 Å². The third kappa shape index (κ3) is 5.37. The van der Waals surface area contributed by atoms with Crippen molar-refractivity contribution in [1.29, 1.82) is 0 Å². The van der Waals surface area contributed by atoms with Crippen LogP contribution in [0.1, 0.15) is 4.88 Å². The highest BCUT2D eigenvalue weighted by Crippen LogP contribution is 2.33. The summed E-state index contributed by atoms with van der Waals surface area (Å²) in [5.74, 6) is 0.783.